The van der Waals surface area contributed by atoms with Crippen LogP contribution in [0, 0.1) is 5.82 Å². The number of aromatic nitrogens is 1. The molecule has 0 aliphatic carbocycles. The predicted octanol–water partition coefficient (Wildman–Crippen LogP) is 3.39. The zero-order valence-electron chi connectivity index (χ0n) is 11.3. The second-order valence-corrected chi connectivity index (χ2v) is 5.24. The summed E-state index contributed by atoms with van der Waals surface area (Å²) in [6.07, 6.45) is 5.97. The maximum atomic E-state index is 13.6. The van der Waals surface area contributed by atoms with Crippen LogP contribution in [0.25, 0.3) is 10.9 Å². The summed E-state index contributed by atoms with van der Waals surface area (Å²) < 4.78 is 13.6. The number of carbonyl (C=O) groups excluding carboxylic acids is 1. The molecule has 1 amide bonds. The zero-order chi connectivity index (χ0) is 13.9. The Labute approximate surface area is 117 Å². The van der Waals surface area contributed by atoms with E-state index in [4.69, 9.17) is 0 Å². The van der Waals surface area contributed by atoms with E-state index in [9.17, 15) is 9.18 Å². The average molecular weight is 272 g/mol. The minimum atomic E-state index is -0.351. The smallest absolute Gasteiger partial charge is 0.255 e. The van der Waals surface area contributed by atoms with Crippen molar-refractivity contribution in [1.29, 1.82) is 0 Å². The Morgan fingerprint density at radius 1 is 1.15 bits per heavy atom. The number of rotatable bonds is 1. The van der Waals surface area contributed by atoms with Gasteiger partial charge in [-0.1, -0.05) is 25.0 Å². The molecule has 1 saturated heterocycles. The number of hydrogen-bond acceptors (Lipinski definition) is 2. The van der Waals surface area contributed by atoms with Crippen LogP contribution in [0.4, 0.5) is 4.39 Å². The number of pyridine rings is 1. The molecule has 104 valence electrons. The highest BCUT2D eigenvalue weighted by Crippen LogP contribution is 2.18. The van der Waals surface area contributed by atoms with Crippen LogP contribution in [0.2, 0.25) is 0 Å². The second-order valence-electron chi connectivity index (χ2n) is 5.24. The molecule has 2 heterocycles. The SMILES string of the molecule is O=C(c1cnc2c(F)cccc2c1)N1CCCCCC1. The number of amides is 1. The first-order valence-electron chi connectivity index (χ1n) is 7.09. The Kier molecular flexibility index (Phi) is 3.63. The Balaban J connectivity index is 1.91. The molecule has 0 radical (unpaired) electrons. The van der Waals surface area contributed by atoms with Crippen LogP contribution in [0.15, 0.2) is 30.5 Å². The van der Waals surface area contributed by atoms with Crippen molar-refractivity contribution in [1.82, 2.24) is 9.88 Å². The van der Waals surface area contributed by atoms with Crippen molar-refractivity contribution < 1.29 is 9.18 Å². The molecule has 2 aromatic rings. The normalized spacial score (nSPS) is 16.1. The molecule has 0 spiro atoms. The van der Waals surface area contributed by atoms with E-state index in [1.165, 1.54) is 25.1 Å². The summed E-state index contributed by atoms with van der Waals surface area (Å²) in [5.74, 6) is -0.346. The van der Waals surface area contributed by atoms with E-state index in [2.05, 4.69) is 4.98 Å². The van der Waals surface area contributed by atoms with Gasteiger partial charge in [0, 0.05) is 24.7 Å². The lowest BCUT2D eigenvalue weighted by Gasteiger charge is -2.20. The summed E-state index contributed by atoms with van der Waals surface area (Å²) in [7, 11) is 0. The summed E-state index contributed by atoms with van der Waals surface area (Å²) in [5, 5.41) is 0.672. The van der Waals surface area contributed by atoms with Crippen molar-refractivity contribution in [3.05, 3.63) is 41.8 Å². The highest BCUT2D eigenvalue weighted by atomic mass is 19.1. The molecule has 1 aromatic carbocycles. The van der Waals surface area contributed by atoms with Crippen molar-refractivity contribution in [2.24, 2.45) is 0 Å². The number of likely N-dealkylation sites (tertiary alicyclic amines) is 1. The molecule has 0 N–H and O–H groups in total. The molecule has 3 rings (SSSR count). The van der Waals surface area contributed by atoms with Gasteiger partial charge in [0.25, 0.3) is 5.91 Å². The molecule has 0 saturated carbocycles. The summed E-state index contributed by atoms with van der Waals surface area (Å²) in [6, 6.07) is 6.54. The van der Waals surface area contributed by atoms with Crippen molar-refractivity contribution >= 4 is 16.8 Å². The van der Waals surface area contributed by atoms with Gasteiger partial charge in [0.2, 0.25) is 0 Å². The molecule has 1 fully saturated rings. The van der Waals surface area contributed by atoms with Crippen molar-refractivity contribution in [3.8, 4) is 0 Å². The molecule has 0 bridgehead atoms. The Morgan fingerprint density at radius 3 is 2.65 bits per heavy atom. The van der Waals surface area contributed by atoms with Gasteiger partial charge in [-0.3, -0.25) is 9.78 Å². The first-order chi connectivity index (χ1) is 9.75. The van der Waals surface area contributed by atoms with Crippen LogP contribution >= 0.6 is 0 Å². The molecular formula is C16H17FN2O. The first-order valence-corrected chi connectivity index (χ1v) is 7.09. The van der Waals surface area contributed by atoms with Gasteiger partial charge in [-0.15, -0.1) is 0 Å². The Hall–Kier alpha value is -1.97. The van der Waals surface area contributed by atoms with Gasteiger partial charge in [-0.25, -0.2) is 4.39 Å². The minimum Gasteiger partial charge on any atom is -0.339 e. The Bertz CT molecular complexity index is 633. The molecule has 1 aliphatic rings. The number of para-hydroxylation sites is 1. The van der Waals surface area contributed by atoms with E-state index in [0.29, 0.717) is 16.5 Å². The summed E-state index contributed by atoms with van der Waals surface area (Å²) in [6.45, 7) is 1.61. The minimum absolute atomic E-state index is 0.00515. The average Bonchev–Trinajstić information content (AvgIpc) is 2.75. The van der Waals surface area contributed by atoms with Gasteiger partial charge in [0.15, 0.2) is 0 Å². The number of hydrogen-bond donors (Lipinski definition) is 0. The van der Waals surface area contributed by atoms with Crippen LogP contribution in [-0.4, -0.2) is 28.9 Å². The number of halogens is 1. The maximum absolute atomic E-state index is 13.6. The van der Waals surface area contributed by atoms with Crippen LogP contribution < -0.4 is 0 Å². The summed E-state index contributed by atoms with van der Waals surface area (Å²) in [4.78, 5) is 18.5. The highest BCUT2D eigenvalue weighted by molar-refractivity contribution is 5.97. The van der Waals surface area contributed by atoms with Crippen molar-refractivity contribution in [2.75, 3.05) is 13.1 Å². The quantitative estimate of drug-likeness (QED) is 0.797. The van der Waals surface area contributed by atoms with E-state index in [1.807, 2.05) is 4.90 Å². The first kappa shape index (κ1) is 13.0. The lowest BCUT2D eigenvalue weighted by Crippen LogP contribution is -2.31. The fourth-order valence-electron chi connectivity index (χ4n) is 2.70. The third-order valence-corrected chi connectivity index (χ3v) is 3.80. The fourth-order valence-corrected chi connectivity index (χ4v) is 2.70. The molecule has 3 nitrogen and oxygen atoms in total. The number of carbonyl (C=O) groups is 1. The summed E-state index contributed by atoms with van der Waals surface area (Å²) in [5.41, 5.74) is 0.866. The molecule has 0 atom stereocenters. The Morgan fingerprint density at radius 2 is 1.90 bits per heavy atom. The molecular weight excluding hydrogens is 255 g/mol. The molecule has 20 heavy (non-hydrogen) atoms. The predicted molar refractivity (Wildman–Crippen MR) is 76.1 cm³/mol. The van der Waals surface area contributed by atoms with Gasteiger partial charge in [0.1, 0.15) is 11.3 Å². The van der Waals surface area contributed by atoms with E-state index in [-0.39, 0.29) is 11.7 Å². The third-order valence-electron chi connectivity index (χ3n) is 3.80. The van der Waals surface area contributed by atoms with Gasteiger partial charge < -0.3 is 4.90 Å². The summed E-state index contributed by atoms with van der Waals surface area (Å²) >= 11 is 0. The number of nitrogens with zero attached hydrogens (tertiary/aromatic N) is 2. The van der Waals surface area contributed by atoms with Crippen molar-refractivity contribution in [2.45, 2.75) is 25.7 Å². The van der Waals surface area contributed by atoms with E-state index >= 15 is 0 Å². The van der Waals surface area contributed by atoms with Crippen LogP contribution in [0.1, 0.15) is 36.0 Å². The van der Waals surface area contributed by atoms with Crippen LogP contribution in [-0.2, 0) is 0 Å². The third kappa shape index (κ3) is 2.50. The molecule has 1 aliphatic heterocycles. The monoisotopic (exact) mass is 272 g/mol. The van der Waals surface area contributed by atoms with Gasteiger partial charge in [-0.2, -0.15) is 0 Å². The lowest BCUT2D eigenvalue weighted by molar-refractivity contribution is 0.0761. The fraction of sp³-hybridized carbons (Fsp3) is 0.375. The van der Waals surface area contributed by atoms with Gasteiger partial charge in [-0.05, 0) is 25.0 Å². The maximum Gasteiger partial charge on any atom is 0.255 e. The lowest BCUT2D eigenvalue weighted by atomic mass is 10.1. The van der Waals surface area contributed by atoms with Crippen LogP contribution in [0.3, 0.4) is 0 Å². The topological polar surface area (TPSA) is 33.2 Å². The van der Waals surface area contributed by atoms with Crippen LogP contribution in [0.5, 0.6) is 0 Å². The number of fused-ring (bicyclic) bond motifs is 1. The molecule has 1 aromatic heterocycles. The number of benzene rings is 1. The van der Waals surface area contributed by atoms with Gasteiger partial charge >= 0.3 is 0 Å². The largest absolute Gasteiger partial charge is 0.339 e. The molecule has 4 heteroatoms. The van der Waals surface area contributed by atoms with E-state index in [1.54, 1.807) is 18.2 Å². The van der Waals surface area contributed by atoms with Crippen molar-refractivity contribution in [3.63, 3.8) is 0 Å². The second kappa shape index (κ2) is 5.57. The standard InChI is InChI=1S/C16H17FN2O/c17-14-7-5-6-12-10-13(11-18-15(12)14)16(20)19-8-3-1-2-4-9-19/h5-7,10-11H,1-4,8-9H2. The van der Waals surface area contributed by atoms with E-state index < -0.39 is 0 Å². The molecule has 0 unspecified atom stereocenters. The van der Waals surface area contributed by atoms with E-state index in [0.717, 1.165) is 25.9 Å². The zero-order valence-corrected chi connectivity index (χ0v) is 11.3. The highest BCUT2D eigenvalue weighted by Gasteiger charge is 2.18. The van der Waals surface area contributed by atoms with Gasteiger partial charge in [0.05, 0.1) is 5.56 Å².